The van der Waals surface area contributed by atoms with Crippen LogP contribution in [-0.2, 0) is 65.4 Å². The molecule has 0 aliphatic rings. The molecule has 0 amide bonds. The van der Waals surface area contributed by atoms with Crippen molar-refractivity contribution in [3.8, 4) is 0 Å². The van der Waals surface area contributed by atoms with E-state index in [0.29, 0.717) is 25.7 Å². The first-order chi connectivity index (χ1) is 49.4. The maximum absolute atomic E-state index is 13.1. The Hall–Kier alpha value is -1.94. The number of ether oxygens (including phenoxy) is 4. The molecule has 0 rings (SSSR count). The number of carbonyl (C=O) groups is 4. The fourth-order valence-corrected chi connectivity index (χ4v) is 14.5. The molecule has 0 aromatic carbocycles. The van der Waals surface area contributed by atoms with Gasteiger partial charge in [-0.2, -0.15) is 0 Å². The number of carbonyl (C=O) groups excluding carboxylic acids is 4. The zero-order valence-corrected chi connectivity index (χ0v) is 68.7. The van der Waals surface area contributed by atoms with Crippen LogP contribution in [0.3, 0.4) is 0 Å². The number of hydrogen-bond donors (Lipinski definition) is 3. The molecule has 17 nitrogen and oxygen atoms in total. The van der Waals surface area contributed by atoms with Crippen molar-refractivity contribution in [1.29, 1.82) is 0 Å². The normalized spacial score (nSPS) is 13.9. The predicted octanol–water partition coefficient (Wildman–Crippen LogP) is 25.1. The number of aliphatic hydroxyl groups excluding tert-OH is 1. The van der Waals surface area contributed by atoms with E-state index in [1.165, 1.54) is 257 Å². The number of esters is 4. The van der Waals surface area contributed by atoms with E-state index in [0.717, 1.165) is 102 Å². The molecule has 19 heteroatoms. The van der Waals surface area contributed by atoms with Crippen molar-refractivity contribution in [2.45, 2.75) is 458 Å². The number of rotatable bonds is 82. The van der Waals surface area contributed by atoms with Gasteiger partial charge < -0.3 is 33.8 Å². The van der Waals surface area contributed by atoms with E-state index in [1.54, 1.807) is 0 Å². The van der Waals surface area contributed by atoms with Crippen molar-refractivity contribution in [3.05, 3.63) is 0 Å². The Balaban J connectivity index is 5.26. The smallest absolute Gasteiger partial charge is 0.462 e. The monoisotopic (exact) mass is 1490 g/mol. The molecule has 5 atom stereocenters. The van der Waals surface area contributed by atoms with Gasteiger partial charge in [-0.05, 0) is 37.5 Å². The molecule has 606 valence electrons. The van der Waals surface area contributed by atoms with Crippen LogP contribution in [0.15, 0.2) is 0 Å². The van der Waals surface area contributed by atoms with E-state index < -0.39 is 97.5 Å². The molecular weight excluding hydrogens is 1330 g/mol. The van der Waals surface area contributed by atoms with Gasteiger partial charge in [-0.25, -0.2) is 9.13 Å². The molecule has 0 spiro atoms. The van der Waals surface area contributed by atoms with Crippen LogP contribution >= 0.6 is 15.6 Å². The second-order valence-corrected chi connectivity index (χ2v) is 33.7. The van der Waals surface area contributed by atoms with Gasteiger partial charge in [0.05, 0.1) is 26.4 Å². The van der Waals surface area contributed by atoms with Gasteiger partial charge in [0, 0.05) is 25.7 Å². The minimum absolute atomic E-state index is 0.106. The lowest BCUT2D eigenvalue weighted by molar-refractivity contribution is -0.161. The summed E-state index contributed by atoms with van der Waals surface area (Å²) in [5, 5.41) is 10.7. The minimum atomic E-state index is -4.96. The summed E-state index contributed by atoms with van der Waals surface area (Å²) in [6, 6.07) is 0. The summed E-state index contributed by atoms with van der Waals surface area (Å²) in [6.07, 6.45) is 65.2. The second kappa shape index (κ2) is 74.5. The lowest BCUT2D eigenvalue weighted by atomic mass is 10.0. The lowest BCUT2D eigenvalue weighted by Crippen LogP contribution is -2.30. The highest BCUT2D eigenvalue weighted by Crippen LogP contribution is 2.45. The number of phosphoric ester groups is 2. The molecular formula is C83H162O17P2. The first-order valence-electron chi connectivity index (χ1n) is 43.0. The number of phosphoric acid groups is 2. The van der Waals surface area contributed by atoms with Crippen molar-refractivity contribution in [3.63, 3.8) is 0 Å². The van der Waals surface area contributed by atoms with Crippen molar-refractivity contribution >= 4 is 39.5 Å². The molecule has 0 aromatic rings. The third-order valence-electron chi connectivity index (χ3n) is 19.5. The molecule has 3 N–H and O–H groups in total. The average Bonchev–Trinajstić information content (AvgIpc) is 0.936. The van der Waals surface area contributed by atoms with Crippen LogP contribution in [0, 0.1) is 11.8 Å². The van der Waals surface area contributed by atoms with Gasteiger partial charge in [-0.1, -0.05) is 388 Å². The summed E-state index contributed by atoms with van der Waals surface area (Å²) < 4.78 is 68.8. The average molecular weight is 1490 g/mol. The zero-order valence-electron chi connectivity index (χ0n) is 66.9. The van der Waals surface area contributed by atoms with Crippen molar-refractivity contribution in [1.82, 2.24) is 0 Å². The second-order valence-electron chi connectivity index (χ2n) is 30.8. The van der Waals surface area contributed by atoms with Gasteiger partial charge in [-0.3, -0.25) is 37.3 Å². The number of aliphatic hydroxyl groups is 1. The van der Waals surface area contributed by atoms with Crippen LogP contribution in [0.1, 0.15) is 440 Å². The van der Waals surface area contributed by atoms with Gasteiger partial charge in [0.15, 0.2) is 12.2 Å². The lowest BCUT2D eigenvalue weighted by Gasteiger charge is -2.21. The number of unbranched alkanes of at least 4 members (excludes halogenated alkanes) is 52. The Labute approximate surface area is 626 Å². The standard InChI is InChI=1S/C83H162O17P2/c1-7-9-11-13-15-17-19-21-23-25-27-29-31-35-41-47-53-59-65-80(85)93-71-78(99-82(87)67-61-55-49-42-36-32-30-28-26-24-22-20-18-16-14-12-10-8-2)73-97-101(89,90)95-69-77(84)70-96-102(91,92)98-74-79(72-94-81(86)66-60-54-48-44-38-40-46-52-58-64-76(5)6)100-83(88)68-62-56-50-43-37-33-34-39-45-51-57-63-75(3)4/h75-79,84H,7-74H2,1-6H3,(H,89,90)(H,91,92)/t77-,78-,79-/m1/s1. The van der Waals surface area contributed by atoms with Gasteiger partial charge >= 0.3 is 39.5 Å². The summed E-state index contributed by atoms with van der Waals surface area (Å²) in [5.74, 6) is -0.596. The van der Waals surface area contributed by atoms with Gasteiger partial charge in [0.25, 0.3) is 0 Å². The van der Waals surface area contributed by atoms with Crippen molar-refractivity contribution in [2.75, 3.05) is 39.6 Å². The summed E-state index contributed by atoms with van der Waals surface area (Å²) in [7, 11) is -9.92. The SMILES string of the molecule is CCCCCCCCCCCCCCCCCCCCC(=O)OC[C@H](COP(=O)(O)OC[C@@H](O)COP(=O)(O)OC[C@@H](COC(=O)CCCCCCCCCCCC(C)C)OC(=O)CCCCCCCCCCCCCC(C)C)OC(=O)CCCCCCCCCCCCCCCCCCCC. The van der Waals surface area contributed by atoms with E-state index in [1.807, 2.05) is 0 Å². The first-order valence-corrected chi connectivity index (χ1v) is 46.0. The first kappa shape index (κ1) is 100. The van der Waals surface area contributed by atoms with Crippen LogP contribution in [0.2, 0.25) is 0 Å². The Kier molecular flexibility index (Phi) is 73.1. The number of hydrogen-bond acceptors (Lipinski definition) is 15. The summed E-state index contributed by atoms with van der Waals surface area (Å²) >= 11 is 0. The largest absolute Gasteiger partial charge is 0.472 e. The van der Waals surface area contributed by atoms with Crippen LogP contribution in [-0.4, -0.2) is 96.7 Å². The maximum Gasteiger partial charge on any atom is 0.472 e. The zero-order chi connectivity index (χ0) is 74.9. The van der Waals surface area contributed by atoms with E-state index >= 15 is 0 Å². The highest BCUT2D eigenvalue weighted by molar-refractivity contribution is 7.47. The molecule has 0 aliphatic heterocycles. The highest BCUT2D eigenvalue weighted by atomic mass is 31.2. The predicted molar refractivity (Wildman–Crippen MR) is 418 cm³/mol. The molecule has 0 saturated carbocycles. The quantitative estimate of drug-likeness (QED) is 0.0222. The third kappa shape index (κ3) is 76.3. The summed E-state index contributed by atoms with van der Waals surface area (Å²) in [5.41, 5.74) is 0. The minimum Gasteiger partial charge on any atom is -0.462 e. The van der Waals surface area contributed by atoms with E-state index in [2.05, 4.69) is 41.5 Å². The van der Waals surface area contributed by atoms with Crippen molar-refractivity contribution < 1.29 is 80.2 Å². The molecule has 0 fully saturated rings. The maximum atomic E-state index is 13.1. The molecule has 102 heavy (non-hydrogen) atoms. The molecule has 0 heterocycles. The Bertz CT molecular complexity index is 1960. The van der Waals surface area contributed by atoms with Crippen LogP contribution in [0.25, 0.3) is 0 Å². The molecule has 0 aromatic heterocycles. The summed E-state index contributed by atoms with van der Waals surface area (Å²) in [6.45, 7) is 9.64. The molecule has 2 unspecified atom stereocenters. The van der Waals surface area contributed by atoms with Gasteiger partial charge in [-0.15, -0.1) is 0 Å². The Morgan fingerprint density at radius 3 is 0.667 bits per heavy atom. The fourth-order valence-electron chi connectivity index (χ4n) is 12.9. The topological polar surface area (TPSA) is 237 Å². The Morgan fingerprint density at radius 2 is 0.451 bits per heavy atom. The molecule has 0 aliphatic carbocycles. The van der Waals surface area contributed by atoms with E-state index in [-0.39, 0.29) is 25.7 Å². The van der Waals surface area contributed by atoms with Crippen molar-refractivity contribution in [2.24, 2.45) is 11.8 Å². The molecule has 0 radical (unpaired) electrons. The third-order valence-corrected chi connectivity index (χ3v) is 21.4. The molecule has 0 bridgehead atoms. The van der Waals surface area contributed by atoms with Gasteiger partial charge in [0.2, 0.25) is 0 Å². The van der Waals surface area contributed by atoms with E-state index in [9.17, 15) is 43.2 Å². The van der Waals surface area contributed by atoms with E-state index in [4.69, 9.17) is 37.0 Å². The summed E-state index contributed by atoms with van der Waals surface area (Å²) in [4.78, 5) is 73.1. The van der Waals surface area contributed by atoms with Gasteiger partial charge in [0.1, 0.15) is 19.3 Å². The Morgan fingerprint density at radius 1 is 0.265 bits per heavy atom. The molecule has 0 saturated heterocycles. The van der Waals surface area contributed by atoms with Crippen LogP contribution in [0.4, 0.5) is 0 Å². The fraction of sp³-hybridized carbons (Fsp3) is 0.952. The van der Waals surface area contributed by atoms with Crippen LogP contribution in [0.5, 0.6) is 0 Å². The highest BCUT2D eigenvalue weighted by Gasteiger charge is 2.30. The van der Waals surface area contributed by atoms with Crippen LogP contribution < -0.4 is 0 Å².